The number of aromatic nitrogens is 2. The zero-order valence-corrected chi connectivity index (χ0v) is 14.3. The lowest BCUT2D eigenvalue weighted by Gasteiger charge is -2.17. The summed E-state index contributed by atoms with van der Waals surface area (Å²) in [6, 6.07) is 5.23. The molecule has 2 N–H and O–H groups in total. The molecule has 1 aromatic heterocycles. The summed E-state index contributed by atoms with van der Waals surface area (Å²) >= 11 is 17.4. The molecule has 0 bridgehead atoms. The van der Waals surface area contributed by atoms with Gasteiger partial charge in [-0.05, 0) is 44.3 Å². The molecule has 7 heteroatoms. The van der Waals surface area contributed by atoms with Crippen LogP contribution < -0.4 is 10.6 Å². The van der Waals surface area contributed by atoms with Gasteiger partial charge in [-0.25, -0.2) is 0 Å². The van der Waals surface area contributed by atoms with Crippen LogP contribution in [0.15, 0.2) is 24.4 Å². The van der Waals surface area contributed by atoms with E-state index in [1.54, 1.807) is 18.2 Å². The molecule has 0 aliphatic heterocycles. The minimum absolute atomic E-state index is 0.0386. The van der Waals surface area contributed by atoms with Crippen LogP contribution >= 0.6 is 35.4 Å². The van der Waals surface area contributed by atoms with Gasteiger partial charge in [0.2, 0.25) is 0 Å². The Labute approximate surface area is 139 Å². The molecule has 2 rings (SSSR count). The second kappa shape index (κ2) is 6.64. The molecule has 0 radical (unpaired) electrons. The summed E-state index contributed by atoms with van der Waals surface area (Å²) in [5, 5.41) is 12.1. The fourth-order valence-corrected chi connectivity index (χ4v) is 2.59. The number of anilines is 1. The van der Waals surface area contributed by atoms with E-state index in [0.717, 1.165) is 11.3 Å². The number of hydrogen-bond donors (Lipinski definition) is 2. The van der Waals surface area contributed by atoms with Crippen LogP contribution in [0, 0.1) is 6.92 Å². The molecule has 0 amide bonds. The van der Waals surface area contributed by atoms with Gasteiger partial charge in [-0.1, -0.05) is 23.2 Å². The van der Waals surface area contributed by atoms with E-state index in [9.17, 15) is 0 Å². The Morgan fingerprint density at radius 1 is 1.38 bits per heavy atom. The zero-order valence-electron chi connectivity index (χ0n) is 11.9. The first kappa shape index (κ1) is 16.1. The molecule has 1 aromatic carbocycles. The summed E-state index contributed by atoms with van der Waals surface area (Å²) in [5.41, 5.74) is 2.87. The van der Waals surface area contributed by atoms with Crippen molar-refractivity contribution in [3.8, 4) is 0 Å². The van der Waals surface area contributed by atoms with E-state index in [-0.39, 0.29) is 6.04 Å². The Balaban J connectivity index is 2.05. The van der Waals surface area contributed by atoms with Crippen molar-refractivity contribution in [1.29, 1.82) is 0 Å². The minimum atomic E-state index is 0.0386. The van der Waals surface area contributed by atoms with Crippen molar-refractivity contribution >= 4 is 46.2 Å². The molecule has 1 heterocycles. The van der Waals surface area contributed by atoms with Crippen molar-refractivity contribution < 1.29 is 0 Å². The summed E-state index contributed by atoms with van der Waals surface area (Å²) < 4.78 is 1.83. The highest BCUT2D eigenvalue weighted by Crippen LogP contribution is 2.25. The molecule has 0 saturated carbocycles. The summed E-state index contributed by atoms with van der Waals surface area (Å²) in [7, 11) is 1.91. The third-order valence-corrected chi connectivity index (χ3v) is 4.05. The molecule has 4 nitrogen and oxygen atoms in total. The molecule has 112 valence electrons. The van der Waals surface area contributed by atoms with E-state index in [1.807, 2.05) is 31.8 Å². The van der Waals surface area contributed by atoms with Gasteiger partial charge in [0, 0.05) is 23.3 Å². The van der Waals surface area contributed by atoms with Crippen molar-refractivity contribution in [2.75, 3.05) is 5.32 Å². The lowest BCUT2D eigenvalue weighted by molar-refractivity contribution is 0.701. The quantitative estimate of drug-likeness (QED) is 0.824. The van der Waals surface area contributed by atoms with E-state index in [0.29, 0.717) is 20.8 Å². The van der Waals surface area contributed by atoms with Crippen LogP contribution in [0.25, 0.3) is 0 Å². The van der Waals surface area contributed by atoms with Crippen LogP contribution in [0.2, 0.25) is 10.0 Å². The Bertz CT molecular complexity index is 669. The monoisotopic (exact) mass is 342 g/mol. The minimum Gasteiger partial charge on any atom is -0.356 e. The fraction of sp³-hybridized carbons (Fsp3) is 0.286. The van der Waals surface area contributed by atoms with Gasteiger partial charge in [-0.2, -0.15) is 5.10 Å². The molecule has 0 spiro atoms. The Morgan fingerprint density at radius 2 is 2.10 bits per heavy atom. The molecular formula is C14H16Cl2N4S. The fourth-order valence-electron chi connectivity index (χ4n) is 1.97. The van der Waals surface area contributed by atoms with E-state index in [2.05, 4.69) is 15.7 Å². The number of nitrogens with one attached hydrogen (secondary N) is 2. The van der Waals surface area contributed by atoms with E-state index < -0.39 is 0 Å². The van der Waals surface area contributed by atoms with Crippen molar-refractivity contribution in [3.63, 3.8) is 0 Å². The summed E-state index contributed by atoms with van der Waals surface area (Å²) in [5.74, 6) is 0. The lowest BCUT2D eigenvalue weighted by Crippen LogP contribution is -2.31. The molecule has 0 aliphatic carbocycles. The zero-order chi connectivity index (χ0) is 15.6. The average molecular weight is 343 g/mol. The molecule has 1 atom stereocenters. The Morgan fingerprint density at radius 3 is 2.71 bits per heavy atom. The number of thiocarbonyl (C=S) groups is 1. The van der Waals surface area contributed by atoms with Crippen LogP contribution in [-0.2, 0) is 7.05 Å². The van der Waals surface area contributed by atoms with Crippen LogP contribution in [0.4, 0.5) is 5.69 Å². The Hall–Kier alpha value is -1.30. The number of benzene rings is 1. The molecule has 0 saturated heterocycles. The second-order valence-corrected chi connectivity index (χ2v) is 6.01. The standard InChI is InChI=1S/C14H16Cl2N4S/c1-8(11-7-17-20(3)9(11)2)18-14(21)19-13-6-10(15)4-5-12(13)16/h4-8H,1-3H3,(H2,18,19,21)/t8-/m1/s1. The van der Waals surface area contributed by atoms with Crippen LogP contribution in [0.3, 0.4) is 0 Å². The third kappa shape index (κ3) is 3.87. The number of rotatable bonds is 3. The molecule has 21 heavy (non-hydrogen) atoms. The second-order valence-electron chi connectivity index (χ2n) is 4.75. The number of nitrogens with zero attached hydrogens (tertiary/aromatic N) is 2. The van der Waals surface area contributed by atoms with Gasteiger partial charge in [0.25, 0.3) is 0 Å². The van der Waals surface area contributed by atoms with Crippen LogP contribution in [0.1, 0.15) is 24.2 Å². The van der Waals surface area contributed by atoms with Crippen molar-refractivity contribution in [1.82, 2.24) is 15.1 Å². The summed E-state index contributed by atoms with van der Waals surface area (Å²) in [4.78, 5) is 0. The first-order valence-electron chi connectivity index (χ1n) is 6.39. The SMILES string of the molecule is Cc1c([C@@H](C)NC(=S)Nc2cc(Cl)ccc2Cl)cnn1C. The van der Waals surface area contributed by atoms with Gasteiger partial charge in [0.1, 0.15) is 0 Å². The maximum absolute atomic E-state index is 6.10. The molecule has 2 aromatic rings. The van der Waals surface area contributed by atoms with Crippen molar-refractivity contribution in [3.05, 3.63) is 45.7 Å². The van der Waals surface area contributed by atoms with Gasteiger partial charge in [0.05, 0.1) is 22.9 Å². The first-order valence-corrected chi connectivity index (χ1v) is 7.56. The lowest BCUT2D eigenvalue weighted by atomic mass is 10.1. The van der Waals surface area contributed by atoms with Crippen molar-refractivity contribution in [2.24, 2.45) is 7.05 Å². The number of aryl methyl sites for hydroxylation is 1. The van der Waals surface area contributed by atoms with Gasteiger partial charge < -0.3 is 10.6 Å². The topological polar surface area (TPSA) is 41.9 Å². The van der Waals surface area contributed by atoms with Crippen molar-refractivity contribution in [2.45, 2.75) is 19.9 Å². The molecular weight excluding hydrogens is 327 g/mol. The van der Waals surface area contributed by atoms with Gasteiger partial charge in [0.15, 0.2) is 5.11 Å². The van der Waals surface area contributed by atoms with Gasteiger partial charge in [-0.15, -0.1) is 0 Å². The van der Waals surface area contributed by atoms with E-state index in [1.165, 1.54) is 0 Å². The molecule has 0 unspecified atom stereocenters. The predicted molar refractivity (Wildman–Crippen MR) is 92.2 cm³/mol. The van der Waals surface area contributed by atoms with Crippen LogP contribution in [0.5, 0.6) is 0 Å². The van der Waals surface area contributed by atoms with Gasteiger partial charge in [-0.3, -0.25) is 4.68 Å². The smallest absolute Gasteiger partial charge is 0.171 e. The van der Waals surface area contributed by atoms with Gasteiger partial charge >= 0.3 is 0 Å². The van der Waals surface area contributed by atoms with E-state index in [4.69, 9.17) is 35.4 Å². The highest BCUT2D eigenvalue weighted by atomic mass is 35.5. The van der Waals surface area contributed by atoms with E-state index >= 15 is 0 Å². The maximum Gasteiger partial charge on any atom is 0.171 e. The summed E-state index contributed by atoms with van der Waals surface area (Å²) in [6.07, 6.45) is 1.84. The summed E-state index contributed by atoms with van der Waals surface area (Å²) in [6.45, 7) is 4.04. The number of hydrogen-bond acceptors (Lipinski definition) is 2. The number of halogens is 2. The largest absolute Gasteiger partial charge is 0.356 e. The molecule has 0 aliphatic rings. The first-order chi connectivity index (χ1) is 9.88. The highest BCUT2D eigenvalue weighted by Gasteiger charge is 2.13. The third-order valence-electron chi connectivity index (χ3n) is 3.26. The highest BCUT2D eigenvalue weighted by molar-refractivity contribution is 7.80. The normalized spacial score (nSPS) is 12.0. The Kier molecular flexibility index (Phi) is 5.08. The van der Waals surface area contributed by atoms with Crippen LogP contribution in [-0.4, -0.2) is 14.9 Å². The predicted octanol–water partition coefficient (Wildman–Crippen LogP) is 4.08. The average Bonchev–Trinajstić information content (AvgIpc) is 2.74. The maximum atomic E-state index is 6.10. The molecule has 0 fully saturated rings.